The molecule has 7 nitrogen and oxygen atoms in total. The SMILES string of the molecule is C[C@@H](Nc1nc2ccccc2s1)C(=O)N/N=C\c1ccc(N(C)CCO)cc1. The van der Waals surface area contributed by atoms with E-state index in [4.69, 9.17) is 5.11 Å². The van der Waals surface area contributed by atoms with E-state index in [0.717, 1.165) is 21.5 Å². The molecule has 0 unspecified atom stereocenters. The van der Waals surface area contributed by atoms with Gasteiger partial charge < -0.3 is 15.3 Å². The smallest absolute Gasteiger partial charge is 0.262 e. The second-order valence-electron chi connectivity index (χ2n) is 6.32. The van der Waals surface area contributed by atoms with E-state index in [2.05, 4.69) is 20.8 Å². The van der Waals surface area contributed by atoms with Crippen molar-refractivity contribution in [3.63, 3.8) is 0 Å². The first-order valence-electron chi connectivity index (χ1n) is 8.94. The minimum Gasteiger partial charge on any atom is -0.395 e. The number of hydrogen-bond acceptors (Lipinski definition) is 7. The molecule has 2 aromatic carbocycles. The summed E-state index contributed by atoms with van der Waals surface area (Å²) in [7, 11) is 1.92. The lowest BCUT2D eigenvalue weighted by atomic mass is 10.2. The third-order valence-corrected chi connectivity index (χ3v) is 5.15. The highest BCUT2D eigenvalue weighted by molar-refractivity contribution is 7.22. The molecule has 146 valence electrons. The fourth-order valence-electron chi connectivity index (χ4n) is 2.55. The predicted molar refractivity (Wildman–Crippen MR) is 115 cm³/mol. The Balaban J connectivity index is 1.52. The molecular weight excluding hydrogens is 374 g/mol. The van der Waals surface area contributed by atoms with E-state index in [-0.39, 0.29) is 12.5 Å². The molecule has 3 rings (SSSR count). The summed E-state index contributed by atoms with van der Waals surface area (Å²) in [5.74, 6) is -0.241. The molecule has 0 radical (unpaired) electrons. The molecule has 0 saturated carbocycles. The highest BCUT2D eigenvalue weighted by atomic mass is 32.1. The number of rotatable bonds is 8. The fourth-order valence-corrected chi connectivity index (χ4v) is 3.50. The minimum atomic E-state index is -0.466. The van der Waals surface area contributed by atoms with Crippen LogP contribution in [0.25, 0.3) is 10.2 Å². The Bertz CT molecular complexity index is 922. The standard InChI is InChI=1S/C20H23N5O2S/c1-14(22-20-23-17-5-3-4-6-18(17)28-20)19(27)24-21-13-15-7-9-16(10-8-15)25(2)11-12-26/h3-10,13-14,26H,11-12H2,1-2H3,(H,22,23)(H,24,27)/b21-13-/t14-/m1/s1. The van der Waals surface area contributed by atoms with Gasteiger partial charge in [-0.15, -0.1) is 0 Å². The normalized spacial score (nSPS) is 12.2. The van der Waals surface area contributed by atoms with Crippen LogP contribution in [0.4, 0.5) is 10.8 Å². The summed E-state index contributed by atoms with van der Waals surface area (Å²) in [5, 5.41) is 16.8. The molecule has 1 aromatic heterocycles. The molecule has 0 aliphatic heterocycles. The van der Waals surface area contributed by atoms with E-state index < -0.39 is 6.04 Å². The third kappa shape index (κ3) is 5.05. The molecule has 0 spiro atoms. The number of amides is 1. The molecule has 0 aliphatic rings. The van der Waals surface area contributed by atoms with Gasteiger partial charge in [-0.1, -0.05) is 35.6 Å². The molecule has 28 heavy (non-hydrogen) atoms. The summed E-state index contributed by atoms with van der Waals surface area (Å²) in [6, 6.07) is 15.1. The summed E-state index contributed by atoms with van der Waals surface area (Å²) >= 11 is 1.51. The number of aromatic nitrogens is 1. The Hall–Kier alpha value is -2.97. The number of anilines is 2. The lowest BCUT2D eigenvalue weighted by Crippen LogP contribution is -2.34. The van der Waals surface area contributed by atoms with Gasteiger partial charge in [0.1, 0.15) is 6.04 Å². The van der Waals surface area contributed by atoms with Gasteiger partial charge in [0.15, 0.2) is 5.13 Å². The number of aliphatic hydroxyl groups is 1. The number of carbonyl (C=O) groups excluding carboxylic acids is 1. The van der Waals surface area contributed by atoms with Crippen LogP contribution < -0.4 is 15.6 Å². The Morgan fingerprint density at radius 3 is 2.75 bits per heavy atom. The van der Waals surface area contributed by atoms with E-state index in [1.165, 1.54) is 11.3 Å². The number of nitrogens with one attached hydrogen (secondary N) is 2. The molecule has 0 aliphatic carbocycles. The summed E-state index contributed by atoms with van der Waals surface area (Å²) in [6.07, 6.45) is 1.60. The second kappa shape index (κ2) is 9.29. The van der Waals surface area contributed by atoms with Crippen molar-refractivity contribution < 1.29 is 9.90 Å². The largest absolute Gasteiger partial charge is 0.395 e. The Morgan fingerprint density at radius 2 is 2.04 bits per heavy atom. The molecule has 0 bridgehead atoms. The number of hydrogen-bond donors (Lipinski definition) is 3. The van der Waals surface area contributed by atoms with Gasteiger partial charge >= 0.3 is 0 Å². The zero-order chi connectivity index (χ0) is 19.9. The van der Waals surface area contributed by atoms with Gasteiger partial charge in [-0.3, -0.25) is 4.79 Å². The maximum absolute atomic E-state index is 12.2. The average Bonchev–Trinajstić information content (AvgIpc) is 3.10. The van der Waals surface area contributed by atoms with Crippen molar-refractivity contribution in [2.24, 2.45) is 5.10 Å². The highest BCUT2D eigenvalue weighted by Crippen LogP contribution is 2.25. The van der Waals surface area contributed by atoms with Gasteiger partial charge in [0.2, 0.25) is 0 Å². The third-order valence-electron chi connectivity index (χ3n) is 4.18. The number of carbonyl (C=O) groups is 1. The first-order valence-corrected chi connectivity index (χ1v) is 9.75. The monoisotopic (exact) mass is 397 g/mol. The van der Waals surface area contributed by atoms with Crippen LogP contribution in [0.1, 0.15) is 12.5 Å². The fraction of sp³-hybridized carbons (Fsp3) is 0.250. The number of benzene rings is 2. The molecule has 1 heterocycles. The molecule has 0 fully saturated rings. The number of hydrazone groups is 1. The van der Waals surface area contributed by atoms with Gasteiger partial charge in [-0.05, 0) is 36.8 Å². The van der Waals surface area contributed by atoms with E-state index in [9.17, 15) is 4.79 Å². The molecule has 1 atom stereocenters. The summed E-state index contributed by atoms with van der Waals surface area (Å²) in [4.78, 5) is 18.7. The van der Waals surface area contributed by atoms with E-state index in [1.807, 2.05) is 60.5 Å². The molecule has 0 saturated heterocycles. The van der Waals surface area contributed by atoms with Crippen LogP contribution in [0.15, 0.2) is 53.6 Å². The maximum atomic E-state index is 12.2. The zero-order valence-electron chi connectivity index (χ0n) is 15.8. The van der Waals surface area contributed by atoms with Crippen LogP contribution in [-0.2, 0) is 4.79 Å². The van der Waals surface area contributed by atoms with Crippen LogP contribution in [0.3, 0.4) is 0 Å². The van der Waals surface area contributed by atoms with E-state index >= 15 is 0 Å². The van der Waals surface area contributed by atoms with Crippen molar-refractivity contribution in [1.29, 1.82) is 0 Å². The van der Waals surface area contributed by atoms with E-state index in [0.29, 0.717) is 11.7 Å². The molecule has 1 amide bonds. The van der Waals surface area contributed by atoms with Crippen molar-refractivity contribution in [3.05, 3.63) is 54.1 Å². The zero-order valence-corrected chi connectivity index (χ0v) is 16.6. The van der Waals surface area contributed by atoms with Crippen LogP contribution in [-0.4, -0.2) is 48.5 Å². The number of thiazole rings is 1. The molecule has 3 aromatic rings. The Labute approximate surface area is 167 Å². The van der Waals surface area contributed by atoms with Crippen LogP contribution in [0.2, 0.25) is 0 Å². The van der Waals surface area contributed by atoms with Crippen molar-refractivity contribution in [1.82, 2.24) is 10.4 Å². The summed E-state index contributed by atoms with van der Waals surface area (Å²) < 4.78 is 1.07. The molecule has 8 heteroatoms. The van der Waals surface area contributed by atoms with Gasteiger partial charge in [0.25, 0.3) is 5.91 Å². The lowest BCUT2D eigenvalue weighted by molar-refractivity contribution is -0.121. The maximum Gasteiger partial charge on any atom is 0.262 e. The van der Waals surface area contributed by atoms with Gasteiger partial charge in [0, 0.05) is 19.3 Å². The Morgan fingerprint density at radius 1 is 1.29 bits per heavy atom. The highest BCUT2D eigenvalue weighted by Gasteiger charge is 2.14. The Kier molecular flexibility index (Phi) is 6.57. The van der Waals surface area contributed by atoms with Crippen molar-refractivity contribution >= 4 is 44.5 Å². The first kappa shape index (κ1) is 19.8. The topological polar surface area (TPSA) is 89.8 Å². The number of para-hydroxylation sites is 1. The quantitative estimate of drug-likeness (QED) is 0.402. The second-order valence-corrected chi connectivity index (χ2v) is 7.35. The number of aliphatic hydroxyl groups excluding tert-OH is 1. The average molecular weight is 398 g/mol. The van der Waals surface area contributed by atoms with E-state index in [1.54, 1.807) is 13.1 Å². The van der Waals surface area contributed by atoms with Crippen LogP contribution >= 0.6 is 11.3 Å². The molecule has 3 N–H and O–H groups in total. The lowest BCUT2D eigenvalue weighted by Gasteiger charge is -2.17. The summed E-state index contributed by atoms with van der Waals surface area (Å²) in [6.45, 7) is 2.45. The van der Waals surface area contributed by atoms with Crippen molar-refractivity contribution in [2.75, 3.05) is 30.4 Å². The minimum absolute atomic E-state index is 0.106. The van der Waals surface area contributed by atoms with Crippen LogP contribution in [0, 0.1) is 0 Å². The van der Waals surface area contributed by atoms with Crippen molar-refractivity contribution in [3.8, 4) is 0 Å². The first-order chi connectivity index (χ1) is 13.6. The van der Waals surface area contributed by atoms with Crippen LogP contribution in [0.5, 0.6) is 0 Å². The van der Waals surface area contributed by atoms with Gasteiger partial charge in [0.05, 0.1) is 23.0 Å². The predicted octanol–water partition coefficient (Wildman–Crippen LogP) is 2.68. The van der Waals surface area contributed by atoms with Crippen molar-refractivity contribution in [2.45, 2.75) is 13.0 Å². The van der Waals surface area contributed by atoms with Gasteiger partial charge in [-0.2, -0.15) is 5.10 Å². The number of likely N-dealkylation sites (N-methyl/N-ethyl adjacent to an activating group) is 1. The van der Waals surface area contributed by atoms with Gasteiger partial charge in [-0.25, -0.2) is 10.4 Å². The number of fused-ring (bicyclic) bond motifs is 1. The summed E-state index contributed by atoms with van der Waals surface area (Å²) in [5.41, 5.74) is 5.33. The molecular formula is C20H23N5O2S. The number of nitrogens with zero attached hydrogens (tertiary/aromatic N) is 3.